The molecule has 8 nitrogen and oxygen atoms in total. The van der Waals surface area contributed by atoms with Gasteiger partial charge in [-0.15, -0.1) is 11.3 Å². The van der Waals surface area contributed by atoms with Crippen LogP contribution in [0.15, 0.2) is 30.3 Å². The van der Waals surface area contributed by atoms with Crippen LogP contribution in [0.5, 0.6) is 5.75 Å². The maximum atomic E-state index is 11.7. The molecule has 0 fully saturated rings. The maximum absolute atomic E-state index is 11.7. The van der Waals surface area contributed by atoms with E-state index in [4.69, 9.17) is 9.84 Å². The molecule has 2 amide bonds. The molecule has 0 unspecified atom stereocenters. The SMILES string of the molecule is CC(C)NC(=O)Nc1ccc(-c2cc(OCC(=O)O)c(C(=O)O)s2)cc1. The van der Waals surface area contributed by atoms with E-state index in [9.17, 15) is 19.5 Å². The van der Waals surface area contributed by atoms with E-state index in [-0.39, 0.29) is 22.7 Å². The van der Waals surface area contributed by atoms with Gasteiger partial charge in [0.15, 0.2) is 11.5 Å². The number of hydrogen-bond donors (Lipinski definition) is 4. The van der Waals surface area contributed by atoms with Gasteiger partial charge in [-0.25, -0.2) is 14.4 Å². The van der Waals surface area contributed by atoms with E-state index < -0.39 is 18.5 Å². The summed E-state index contributed by atoms with van der Waals surface area (Å²) >= 11 is 0.983. The van der Waals surface area contributed by atoms with Gasteiger partial charge >= 0.3 is 18.0 Å². The minimum Gasteiger partial charge on any atom is -0.480 e. The number of carboxylic acid groups (broad SMARTS) is 2. The zero-order valence-corrected chi connectivity index (χ0v) is 14.9. The summed E-state index contributed by atoms with van der Waals surface area (Å²) < 4.78 is 5.04. The van der Waals surface area contributed by atoms with Gasteiger partial charge in [0.2, 0.25) is 0 Å². The van der Waals surface area contributed by atoms with Crippen LogP contribution < -0.4 is 15.4 Å². The van der Waals surface area contributed by atoms with Crippen LogP contribution in [0.1, 0.15) is 23.5 Å². The molecule has 0 aliphatic carbocycles. The monoisotopic (exact) mass is 378 g/mol. The average molecular weight is 378 g/mol. The predicted octanol–water partition coefficient (Wildman–Crippen LogP) is 3.11. The predicted molar refractivity (Wildman–Crippen MR) is 97.1 cm³/mol. The number of aliphatic carboxylic acids is 1. The standard InChI is InChI=1S/C17H18N2O6S/c1-9(2)18-17(24)19-11-5-3-10(4-6-11)13-7-12(25-8-14(20)21)15(26-13)16(22)23/h3-7,9H,8H2,1-2H3,(H,20,21)(H,22,23)(H2,18,19,24). The lowest BCUT2D eigenvalue weighted by molar-refractivity contribution is -0.139. The minimum atomic E-state index is -1.19. The molecule has 26 heavy (non-hydrogen) atoms. The average Bonchev–Trinajstić information content (AvgIpc) is 2.97. The second-order valence-corrected chi connectivity index (χ2v) is 6.67. The number of nitrogens with one attached hydrogen (secondary N) is 2. The maximum Gasteiger partial charge on any atom is 0.349 e. The number of hydrogen-bond acceptors (Lipinski definition) is 5. The number of thiophene rings is 1. The van der Waals surface area contributed by atoms with Gasteiger partial charge in [0.1, 0.15) is 5.75 Å². The molecule has 138 valence electrons. The molecule has 0 atom stereocenters. The zero-order chi connectivity index (χ0) is 19.3. The summed E-state index contributed by atoms with van der Waals surface area (Å²) in [5, 5.41) is 23.3. The summed E-state index contributed by atoms with van der Waals surface area (Å²) in [5.74, 6) is -2.37. The Kier molecular flexibility index (Phi) is 6.18. The molecule has 0 saturated carbocycles. The quantitative estimate of drug-likeness (QED) is 0.587. The summed E-state index contributed by atoms with van der Waals surface area (Å²) in [6.45, 7) is 3.08. The lowest BCUT2D eigenvalue weighted by Gasteiger charge is -2.10. The van der Waals surface area contributed by atoms with Crippen LogP contribution in [0.25, 0.3) is 10.4 Å². The fourth-order valence-electron chi connectivity index (χ4n) is 2.06. The number of benzene rings is 1. The first kappa shape index (κ1) is 19.3. The number of rotatable bonds is 7. The van der Waals surface area contributed by atoms with Gasteiger partial charge in [-0.1, -0.05) is 12.1 Å². The minimum absolute atomic E-state index is 0.0124. The Morgan fingerprint density at radius 3 is 2.35 bits per heavy atom. The van der Waals surface area contributed by atoms with E-state index in [1.165, 1.54) is 6.07 Å². The molecule has 1 heterocycles. The molecule has 1 aromatic carbocycles. The van der Waals surface area contributed by atoms with Crippen LogP contribution in [-0.4, -0.2) is 40.8 Å². The highest BCUT2D eigenvalue weighted by Crippen LogP contribution is 2.36. The van der Waals surface area contributed by atoms with Crippen molar-refractivity contribution in [1.29, 1.82) is 0 Å². The Hall–Kier alpha value is -3.07. The summed E-state index contributed by atoms with van der Waals surface area (Å²) in [7, 11) is 0. The number of carboxylic acids is 2. The second kappa shape index (κ2) is 8.34. The molecule has 2 rings (SSSR count). The van der Waals surface area contributed by atoms with Gasteiger partial charge in [0, 0.05) is 16.6 Å². The number of carbonyl (C=O) groups excluding carboxylic acids is 1. The highest BCUT2D eigenvalue weighted by Gasteiger charge is 2.18. The molecule has 0 spiro atoms. The fourth-order valence-corrected chi connectivity index (χ4v) is 3.01. The van der Waals surface area contributed by atoms with Crippen molar-refractivity contribution >= 4 is 35.0 Å². The number of ether oxygens (including phenoxy) is 1. The van der Waals surface area contributed by atoms with Crippen molar-refractivity contribution in [3.05, 3.63) is 35.2 Å². The van der Waals surface area contributed by atoms with E-state index in [0.29, 0.717) is 10.6 Å². The summed E-state index contributed by atoms with van der Waals surface area (Å²) in [5.41, 5.74) is 1.31. The molecule has 0 saturated heterocycles. The number of carbonyl (C=O) groups is 3. The summed E-state index contributed by atoms with van der Waals surface area (Å²) in [6, 6.07) is 8.01. The smallest absolute Gasteiger partial charge is 0.349 e. The largest absolute Gasteiger partial charge is 0.480 e. The number of aromatic carboxylic acids is 1. The number of urea groups is 1. The first-order valence-electron chi connectivity index (χ1n) is 7.66. The van der Waals surface area contributed by atoms with E-state index >= 15 is 0 Å². The van der Waals surface area contributed by atoms with Crippen molar-refractivity contribution in [2.24, 2.45) is 0 Å². The molecule has 2 aromatic rings. The third kappa shape index (κ3) is 5.21. The molecular formula is C17H18N2O6S. The van der Waals surface area contributed by atoms with E-state index in [2.05, 4.69) is 10.6 Å². The Labute approximate surface area is 153 Å². The third-order valence-corrected chi connectivity index (χ3v) is 4.24. The van der Waals surface area contributed by atoms with Crippen LogP contribution in [0.2, 0.25) is 0 Å². The molecule has 4 N–H and O–H groups in total. The molecule has 0 aliphatic heterocycles. The third-order valence-electron chi connectivity index (χ3n) is 3.09. The first-order valence-corrected chi connectivity index (χ1v) is 8.47. The van der Waals surface area contributed by atoms with Gasteiger partial charge in [0.05, 0.1) is 0 Å². The van der Waals surface area contributed by atoms with Crippen molar-refractivity contribution < 1.29 is 29.3 Å². The number of amides is 2. The number of anilines is 1. The van der Waals surface area contributed by atoms with E-state index in [1.807, 2.05) is 13.8 Å². The second-order valence-electron chi connectivity index (χ2n) is 5.62. The molecule has 0 radical (unpaired) electrons. The highest BCUT2D eigenvalue weighted by molar-refractivity contribution is 7.17. The Balaban J connectivity index is 2.17. The van der Waals surface area contributed by atoms with Gasteiger partial charge in [-0.05, 0) is 37.6 Å². The van der Waals surface area contributed by atoms with Crippen LogP contribution in [-0.2, 0) is 4.79 Å². The fraction of sp³-hybridized carbons (Fsp3) is 0.235. The van der Waals surface area contributed by atoms with Crippen LogP contribution in [0.3, 0.4) is 0 Å². The van der Waals surface area contributed by atoms with Crippen molar-refractivity contribution in [1.82, 2.24) is 5.32 Å². The lowest BCUT2D eigenvalue weighted by Crippen LogP contribution is -2.34. The van der Waals surface area contributed by atoms with Crippen LogP contribution in [0, 0.1) is 0 Å². The van der Waals surface area contributed by atoms with Crippen molar-refractivity contribution in [3.63, 3.8) is 0 Å². The lowest BCUT2D eigenvalue weighted by atomic mass is 10.1. The normalized spacial score (nSPS) is 10.4. The Bertz CT molecular complexity index is 813. The van der Waals surface area contributed by atoms with Crippen LogP contribution >= 0.6 is 11.3 Å². The topological polar surface area (TPSA) is 125 Å². The van der Waals surface area contributed by atoms with Gasteiger partial charge in [-0.3, -0.25) is 0 Å². The molecule has 9 heteroatoms. The van der Waals surface area contributed by atoms with Crippen molar-refractivity contribution in [3.8, 4) is 16.2 Å². The molecule has 0 bridgehead atoms. The van der Waals surface area contributed by atoms with Crippen molar-refractivity contribution in [2.45, 2.75) is 19.9 Å². The van der Waals surface area contributed by atoms with Crippen molar-refractivity contribution in [2.75, 3.05) is 11.9 Å². The molecular weight excluding hydrogens is 360 g/mol. The molecule has 0 aliphatic rings. The van der Waals surface area contributed by atoms with Gasteiger partial charge < -0.3 is 25.6 Å². The molecule has 1 aromatic heterocycles. The Morgan fingerprint density at radius 2 is 1.81 bits per heavy atom. The Morgan fingerprint density at radius 1 is 1.15 bits per heavy atom. The van der Waals surface area contributed by atoms with Gasteiger partial charge in [-0.2, -0.15) is 0 Å². The first-order chi connectivity index (χ1) is 12.3. The van der Waals surface area contributed by atoms with Crippen LogP contribution in [0.4, 0.5) is 10.5 Å². The zero-order valence-electron chi connectivity index (χ0n) is 14.1. The van der Waals surface area contributed by atoms with Gasteiger partial charge in [0.25, 0.3) is 0 Å². The highest BCUT2D eigenvalue weighted by atomic mass is 32.1. The summed E-state index contributed by atoms with van der Waals surface area (Å²) in [4.78, 5) is 34.1. The summed E-state index contributed by atoms with van der Waals surface area (Å²) in [6.07, 6.45) is 0. The van der Waals surface area contributed by atoms with E-state index in [1.54, 1.807) is 24.3 Å². The van der Waals surface area contributed by atoms with E-state index in [0.717, 1.165) is 16.9 Å².